The van der Waals surface area contributed by atoms with E-state index in [4.69, 9.17) is 21.6 Å². The first-order valence-corrected chi connectivity index (χ1v) is 3.57. The maximum absolute atomic E-state index is 8.39. The SMILES string of the molecule is N=C(N)N(CCBr)N(O)O. The van der Waals surface area contributed by atoms with E-state index in [1.165, 1.54) is 0 Å². The van der Waals surface area contributed by atoms with Crippen molar-refractivity contribution in [3.05, 3.63) is 0 Å². The monoisotopic (exact) mass is 212 g/mol. The number of nitrogens with two attached hydrogens (primary N) is 1. The Kier molecular flexibility index (Phi) is 4.28. The van der Waals surface area contributed by atoms with E-state index in [9.17, 15) is 0 Å². The number of hydrogen-bond acceptors (Lipinski definition) is 4. The molecule has 6 nitrogen and oxygen atoms in total. The van der Waals surface area contributed by atoms with Gasteiger partial charge in [-0.05, 0) is 0 Å². The van der Waals surface area contributed by atoms with Crippen molar-refractivity contribution in [2.24, 2.45) is 5.73 Å². The van der Waals surface area contributed by atoms with E-state index in [1.54, 1.807) is 0 Å². The fourth-order valence-corrected chi connectivity index (χ4v) is 0.722. The number of nitrogens with zero attached hydrogens (tertiary/aromatic N) is 2. The lowest BCUT2D eigenvalue weighted by Crippen LogP contribution is -2.47. The van der Waals surface area contributed by atoms with Crippen LogP contribution in [-0.4, -0.2) is 38.6 Å². The van der Waals surface area contributed by atoms with Crippen LogP contribution < -0.4 is 5.73 Å². The van der Waals surface area contributed by atoms with Crippen LogP contribution in [0.1, 0.15) is 0 Å². The lowest BCUT2D eigenvalue weighted by Gasteiger charge is -2.23. The molecule has 0 amide bonds. The van der Waals surface area contributed by atoms with Gasteiger partial charge >= 0.3 is 0 Å². The maximum atomic E-state index is 8.39. The van der Waals surface area contributed by atoms with Gasteiger partial charge in [-0.2, -0.15) is 0 Å². The Balaban J connectivity index is 3.85. The molecule has 0 saturated carbocycles. The van der Waals surface area contributed by atoms with Crippen molar-refractivity contribution >= 4 is 21.9 Å². The zero-order valence-corrected chi connectivity index (χ0v) is 6.74. The molecule has 0 aliphatic carbocycles. The molecule has 0 fully saturated rings. The van der Waals surface area contributed by atoms with Gasteiger partial charge in [-0.25, -0.2) is 5.01 Å². The van der Waals surface area contributed by atoms with Crippen molar-refractivity contribution in [1.82, 2.24) is 10.3 Å². The molecule has 0 aliphatic heterocycles. The van der Waals surface area contributed by atoms with Gasteiger partial charge in [-0.3, -0.25) is 15.8 Å². The number of hydrazine groups is 1. The van der Waals surface area contributed by atoms with Crippen LogP contribution in [0.15, 0.2) is 0 Å². The molecule has 0 saturated heterocycles. The minimum Gasteiger partial charge on any atom is -0.369 e. The van der Waals surface area contributed by atoms with Crippen molar-refractivity contribution < 1.29 is 10.4 Å². The first-order chi connectivity index (χ1) is 4.59. The third-order valence-corrected chi connectivity index (χ3v) is 1.14. The van der Waals surface area contributed by atoms with Crippen LogP contribution in [-0.2, 0) is 0 Å². The molecule has 10 heavy (non-hydrogen) atoms. The molecule has 0 aliphatic rings. The number of guanidine groups is 1. The molecule has 7 heteroatoms. The molecule has 0 radical (unpaired) electrons. The van der Waals surface area contributed by atoms with Gasteiger partial charge in [0.15, 0.2) is 0 Å². The number of nitrogens with one attached hydrogen (secondary N) is 1. The Labute approximate surface area is 66.3 Å². The largest absolute Gasteiger partial charge is 0.369 e. The summed E-state index contributed by atoms with van der Waals surface area (Å²) in [5.41, 5.74) is 4.95. The van der Waals surface area contributed by atoms with E-state index in [2.05, 4.69) is 15.9 Å². The second-order valence-corrected chi connectivity index (χ2v) is 2.26. The molecule has 0 unspecified atom stereocenters. The summed E-state index contributed by atoms with van der Waals surface area (Å²) < 4.78 is 0. The molecule has 5 N–H and O–H groups in total. The van der Waals surface area contributed by atoms with Crippen LogP contribution in [0.4, 0.5) is 0 Å². The van der Waals surface area contributed by atoms with E-state index in [0.717, 1.165) is 5.01 Å². The molecular formula is C3H9BrN4O2. The van der Waals surface area contributed by atoms with Gasteiger partial charge in [0.2, 0.25) is 5.96 Å². The topological polar surface area (TPSA) is 96.8 Å². The average Bonchev–Trinajstić information content (AvgIpc) is 1.81. The summed E-state index contributed by atoms with van der Waals surface area (Å²) in [5.74, 6) is -0.426. The van der Waals surface area contributed by atoms with Crippen molar-refractivity contribution in [3.8, 4) is 0 Å². The van der Waals surface area contributed by atoms with Crippen molar-refractivity contribution in [3.63, 3.8) is 0 Å². The second kappa shape index (κ2) is 4.45. The number of hydrogen-bond donors (Lipinski definition) is 4. The molecule has 0 aromatic carbocycles. The van der Waals surface area contributed by atoms with Gasteiger partial charge in [0, 0.05) is 10.7 Å². The molecule has 0 bridgehead atoms. The highest BCUT2D eigenvalue weighted by Crippen LogP contribution is 1.90. The summed E-state index contributed by atoms with van der Waals surface area (Å²) in [5, 5.41) is 24.6. The van der Waals surface area contributed by atoms with Gasteiger partial charge in [-0.15, -0.1) is 0 Å². The van der Waals surface area contributed by atoms with Gasteiger partial charge in [-0.1, -0.05) is 15.9 Å². The molecule has 0 aromatic rings. The van der Waals surface area contributed by atoms with Crippen molar-refractivity contribution in [2.75, 3.05) is 11.9 Å². The van der Waals surface area contributed by atoms with Crippen LogP contribution in [0, 0.1) is 5.41 Å². The van der Waals surface area contributed by atoms with E-state index >= 15 is 0 Å². The third kappa shape index (κ3) is 2.97. The van der Waals surface area contributed by atoms with Gasteiger partial charge < -0.3 is 5.73 Å². The maximum Gasteiger partial charge on any atom is 0.207 e. The summed E-state index contributed by atoms with van der Waals surface area (Å²) in [7, 11) is 0. The summed E-state index contributed by atoms with van der Waals surface area (Å²) >= 11 is 3.04. The fraction of sp³-hybridized carbons (Fsp3) is 0.667. The molecule has 0 spiro atoms. The predicted molar refractivity (Wildman–Crippen MR) is 37.8 cm³/mol. The van der Waals surface area contributed by atoms with Crippen molar-refractivity contribution in [2.45, 2.75) is 0 Å². The molecular weight excluding hydrogens is 204 g/mol. The Bertz CT molecular complexity index is 119. The molecule has 0 rings (SSSR count). The van der Waals surface area contributed by atoms with Crippen LogP contribution in [0.2, 0.25) is 0 Å². The quantitative estimate of drug-likeness (QED) is 0.221. The van der Waals surface area contributed by atoms with Crippen LogP contribution in [0.3, 0.4) is 0 Å². The minimum absolute atomic E-state index is 0.219. The molecule has 0 aromatic heterocycles. The molecule has 0 heterocycles. The zero-order chi connectivity index (χ0) is 8.15. The second-order valence-electron chi connectivity index (χ2n) is 1.47. The number of rotatable bonds is 3. The Morgan fingerprint density at radius 2 is 2.10 bits per heavy atom. The van der Waals surface area contributed by atoms with Crippen LogP contribution in [0.25, 0.3) is 0 Å². The zero-order valence-electron chi connectivity index (χ0n) is 5.16. The van der Waals surface area contributed by atoms with Crippen LogP contribution in [0.5, 0.6) is 0 Å². The number of halogens is 1. The van der Waals surface area contributed by atoms with E-state index in [0.29, 0.717) is 5.33 Å². The highest BCUT2D eigenvalue weighted by Gasteiger charge is 2.10. The Hall–Kier alpha value is -0.370. The number of alkyl halides is 1. The molecule has 60 valence electrons. The smallest absolute Gasteiger partial charge is 0.207 e. The summed E-state index contributed by atoms with van der Waals surface area (Å²) in [6, 6.07) is 0. The third-order valence-electron chi connectivity index (χ3n) is 0.790. The van der Waals surface area contributed by atoms with E-state index in [1.807, 2.05) is 0 Å². The summed E-state index contributed by atoms with van der Waals surface area (Å²) in [6.07, 6.45) is 0. The van der Waals surface area contributed by atoms with Gasteiger partial charge in [0.1, 0.15) is 0 Å². The highest BCUT2D eigenvalue weighted by atomic mass is 79.9. The summed E-state index contributed by atoms with van der Waals surface area (Å²) in [6.45, 7) is 0.225. The normalized spacial score (nSPS) is 10.0. The Morgan fingerprint density at radius 3 is 2.20 bits per heavy atom. The summed E-state index contributed by atoms with van der Waals surface area (Å²) in [4.78, 5) is 0. The van der Waals surface area contributed by atoms with E-state index < -0.39 is 5.96 Å². The standard InChI is InChI=1S/C3H9BrN4O2/c4-1-2-7(3(5)6)8(9)10/h9-10H,1-2H2,(H3,5,6). The minimum atomic E-state index is -0.426. The predicted octanol–water partition coefficient (Wildman–Crippen LogP) is -0.428. The first-order valence-electron chi connectivity index (χ1n) is 2.45. The van der Waals surface area contributed by atoms with Crippen molar-refractivity contribution in [1.29, 1.82) is 5.41 Å². The lowest BCUT2D eigenvalue weighted by atomic mass is 10.7. The van der Waals surface area contributed by atoms with E-state index in [-0.39, 0.29) is 11.9 Å². The van der Waals surface area contributed by atoms with Gasteiger partial charge in [0.05, 0.1) is 6.54 Å². The highest BCUT2D eigenvalue weighted by molar-refractivity contribution is 9.09. The first kappa shape index (κ1) is 9.63. The van der Waals surface area contributed by atoms with Gasteiger partial charge in [0.25, 0.3) is 0 Å². The average molecular weight is 213 g/mol. The fourth-order valence-electron chi connectivity index (χ4n) is 0.386. The lowest BCUT2D eigenvalue weighted by molar-refractivity contribution is -0.396. The molecule has 0 atom stereocenters. The van der Waals surface area contributed by atoms with Crippen LogP contribution >= 0.6 is 15.9 Å². The Morgan fingerprint density at radius 1 is 1.60 bits per heavy atom.